The number of aliphatic hydroxyl groups excluding tert-OH is 1. The van der Waals surface area contributed by atoms with Gasteiger partial charge in [-0.05, 0) is 13.8 Å². The molecule has 28 heavy (non-hydrogen) atoms. The van der Waals surface area contributed by atoms with E-state index in [9.17, 15) is 29.4 Å². The first-order valence-electron chi connectivity index (χ1n) is 8.88. The van der Waals surface area contributed by atoms with Gasteiger partial charge in [0, 0.05) is 30.5 Å². The topological polar surface area (TPSA) is 121 Å². The summed E-state index contributed by atoms with van der Waals surface area (Å²) in [5.41, 5.74) is -0.189. The summed E-state index contributed by atoms with van der Waals surface area (Å²) in [7, 11) is 0. The first kappa shape index (κ1) is 23.8. The van der Waals surface area contributed by atoms with Gasteiger partial charge in [-0.15, -0.1) is 11.8 Å². The zero-order valence-electron chi connectivity index (χ0n) is 16.4. The molecule has 4 atom stereocenters. The fraction of sp³-hybridized carbons (Fsp3) is 0.647. The van der Waals surface area contributed by atoms with Crippen LogP contribution in [0.5, 0.6) is 0 Å². The number of thioether (sulfide) groups is 1. The third-order valence-electron chi connectivity index (χ3n) is 5.46. The summed E-state index contributed by atoms with van der Waals surface area (Å²) in [6.45, 7) is 6.36. The Balaban J connectivity index is 0.00000280. The largest absolute Gasteiger partial charge is 1.00 e. The van der Waals surface area contributed by atoms with E-state index in [0.29, 0.717) is 24.5 Å². The molecule has 11 heteroatoms. The molecule has 0 aliphatic carbocycles. The van der Waals surface area contributed by atoms with Crippen molar-refractivity contribution in [3.05, 3.63) is 10.6 Å². The van der Waals surface area contributed by atoms with Crippen molar-refractivity contribution < 1.29 is 80.8 Å². The average Bonchev–Trinajstić information content (AvgIpc) is 2.85. The van der Waals surface area contributed by atoms with Crippen molar-refractivity contribution in [3.8, 4) is 0 Å². The Bertz CT molecular complexity index is 742. The number of likely N-dealkylation sites (N-methyl/N-ethyl adjacent to an activating group) is 1. The van der Waals surface area contributed by atoms with Crippen LogP contribution in [0.4, 0.5) is 0 Å². The van der Waals surface area contributed by atoms with Gasteiger partial charge in [0.05, 0.1) is 35.6 Å². The molecule has 0 spiro atoms. The van der Waals surface area contributed by atoms with Crippen LogP contribution in [0.25, 0.3) is 0 Å². The molecule has 0 bridgehead atoms. The number of hydrogen-bond donors (Lipinski definition) is 1. The van der Waals surface area contributed by atoms with Gasteiger partial charge in [-0.2, -0.15) is 0 Å². The molecule has 0 radical (unpaired) electrons. The fourth-order valence-corrected chi connectivity index (χ4v) is 5.26. The monoisotopic (exact) mass is 435 g/mol. The molecule has 2 saturated heterocycles. The molecule has 3 aliphatic heterocycles. The van der Waals surface area contributed by atoms with Gasteiger partial charge in [0.15, 0.2) is 0 Å². The van der Waals surface area contributed by atoms with Gasteiger partial charge in [-0.25, -0.2) is 0 Å². The normalized spacial score (nSPS) is 28.2. The third kappa shape index (κ3) is 3.82. The minimum Gasteiger partial charge on any atom is -0.543 e. The van der Waals surface area contributed by atoms with Crippen molar-refractivity contribution in [2.24, 2.45) is 11.8 Å². The van der Waals surface area contributed by atoms with Crippen LogP contribution >= 0.6 is 11.8 Å². The van der Waals surface area contributed by atoms with E-state index >= 15 is 0 Å². The van der Waals surface area contributed by atoms with Crippen LogP contribution in [-0.4, -0.2) is 81.2 Å². The van der Waals surface area contributed by atoms with E-state index in [1.54, 1.807) is 13.8 Å². The van der Waals surface area contributed by atoms with Crippen LogP contribution in [0, 0.1) is 11.8 Å². The quantitative estimate of drug-likeness (QED) is 0.252. The molecular formula is C17H22KN3O6S. The minimum atomic E-state index is -1.46. The summed E-state index contributed by atoms with van der Waals surface area (Å²) >= 11 is 1.13. The molecule has 148 valence electrons. The first-order valence-corrected chi connectivity index (χ1v) is 9.86. The summed E-state index contributed by atoms with van der Waals surface area (Å²) in [6, 6.07) is -0.429. The fourth-order valence-electron chi connectivity index (χ4n) is 3.99. The SMILES string of the molecule is CCN1CCN(CSC2=C(C(=O)[O-])N3C(=O)C(C(C)O)C3C2C)C(=O)C1=O.[K+]. The van der Waals surface area contributed by atoms with Crippen molar-refractivity contribution in [2.75, 3.05) is 25.5 Å². The number of rotatable bonds is 6. The van der Waals surface area contributed by atoms with Crippen LogP contribution in [0.3, 0.4) is 0 Å². The van der Waals surface area contributed by atoms with Crippen LogP contribution in [-0.2, 0) is 19.2 Å². The number of amides is 3. The summed E-state index contributed by atoms with van der Waals surface area (Å²) < 4.78 is 0. The second-order valence-corrected chi connectivity index (χ2v) is 7.97. The van der Waals surface area contributed by atoms with Crippen molar-refractivity contribution in [3.63, 3.8) is 0 Å². The Morgan fingerprint density at radius 1 is 1.25 bits per heavy atom. The standard InChI is InChI=1S/C17H23N3O6S.K/c1-4-18-5-6-19(16(24)15(18)23)7-27-13-8(2)11-10(9(3)21)14(22)20(11)12(13)17(25)26;/h8-11,21H,4-7H2,1-3H3,(H,25,26);/q;+1/p-1. The second-order valence-electron chi connectivity index (χ2n) is 6.98. The summed E-state index contributed by atoms with van der Waals surface area (Å²) in [4.78, 5) is 52.6. The smallest absolute Gasteiger partial charge is 0.543 e. The van der Waals surface area contributed by atoms with Crippen LogP contribution in [0.1, 0.15) is 20.8 Å². The van der Waals surface area contributed by atoms with Gasteiger partial charge in [-0.3, -0.25) is 14.4 Å². The summed E-state index contributed by atoms with van der Waals surface area (Å²) in [5, 5.41) is 21.5. The molecule has 0 aromatic heterocycles. The number of carbonyl (C=O) groups is 4. The molecule has 9 nitrogen and oxygen atoms in total. The van der Waals surface area contributed by atoms with E-state index in [1.807, 2.05) is 0 Å². The van der Waals surface area contributed by atoms with E-state index in [4.69, 9.17) is 0 Å². The van der Waals surface area contributed by atoms with Gasteiger partial charge < -0.3 is 29.7 Å². The number of carboxylic acids is 1. The van der Waals surface area contributed by atoms with E-state index in [2.05, 4.69) is 0 Å². The van der Waals surface area contributed by atoms with E-state index in [0.717, 1.165) is 11.8 Å². The summed E-state index contributed by atoms with van der Waals surface area (Å²) in [6.07, 6.45) is -0.880. The Morgan fingerprint density at radius 2 is 1.82 bits per heavy atom. The maximum absolute atomic E-state index is 12.3. The van der Waals surface area contributed by atoms with E-state index in [-0.39, 0.29) is 68.9 Å². The molecule has 1 N–H and O–H groups in total. The molecule has 0 aromatic rings. The van der Waals surface area contributed by atoms with Gasteiger partial charge in [-0.1, -0.05) is 6.92 Å². The number of carboxylic acid groups (broad SMARTS) is 1. The van der Waals surface area contributed by atoms with Gasteiger partial charge >= 0.3 is 63.2 Å². The van der Waals surface area contributed by atoms with Crippen LogP contribution in [0.2, 0.25) is 0 Å². The number of aliphatic hydroxyl groups is 1. The zero-order valence-corrected chi connectivity index (χ0v) is 20.3. The number of β-lactam (4-membered cyclic amide) rings is 1. The van der Waals surface area contributed by atoms with Crippen LogP contribution < -0.4 is 56.5 Å². The van der Waals surface area contributed by atoms with Crippen molar-refractivity contribution >= 4 is 35.5 Å². The van der Waals surface area contributed by atoms with Crippen molar-refractivity contribution in [2.45, 2.75) is 32.9 Å². The van der Waals surface area contributed by atoms with Gasteiger partial charge in [0.1, 0.15) is 0 Å². The first-order chi connectivity index (χ1) is 12.7. The van der Waals surface area contributed by atoms with Crippen LogP contribution in [0.15, 0.2) is 10.6 Å². The van der Waals surface area contributed by atoms with Gasteiger partial charge in [0.25, 0.3) is 0 Å². The average molecular weight is 436 g/mol. The number of aliphatic carboxylic acids is 1. The Hall–Kier alpha value is -0.434. The molecule has 3 aliphatic rings. The molecule has 0 aromatic carbocycles. The zero-order chi connectivity index (χ0) is 20.0. The molecule has 2 fully saturated rings. The predicted octanol–water partition coefficient (Wildman–Crippen LogP) is -4.81. The number of nitrogens with zero attached hydrogens (tertiary/aromatic N) is 3. The predicted molar refractivity (Wildman–Crippen MR) is 93.4 cm³/mol. The number of hydrogen-bond acceptors (Lipinski definition) is 7. The maximum Gasteiger partial charge on any atom is 1.00 e. The molecule has 3 amide bonds. The number of piperazine rings is 1. The second kappa shape index (κ2) is 9.15. The molecule has 3 heterocycles. The Morgan fingerprint density at radius 3 is 2.36 bits per heavy atom. The Labute approximate surface area is 209 Å². The molecule has 0 saturated carbocycles. The summed E-state index contributed by atoms with van der Waals surface area (Å²) in [5.74, 6) is -3.90. The minimum absolute atomic E-state index is 0. The molecule has 3 rings (SSSR count). The molecule has 4 unspecified atom stereocenters. The van der Waals surface area contributed by atoms with Gasteiger partial charge in [0.2, 0.25) is 5.91 Å². The van der Waals surface area contributed by atoms with E-state index < -0.39 is 41.8 Å². The maximum atomic E-state index is 12.3. The number of carbonyl (C=O) groups excluding carboxylic acids is 4. The van der Waals surface area contributed by atoms with E-state index in [1.165, 1.54) is 21.6 Å². The number of fused-ring (bicyclic) bond motifs is 1. The van der Waals surface area contributed by atoms with Crippen molar-refractivity contribution in [1.29, 1.82) is 0 Å². The van der Waals surface area contributed by atoms with Crippen molar-refractivity contribution in [1.82, 2.24) is 14.7 Å². The molecular weight excluding hydrogens is 413 g/mol. The Kier molecular flexibility index (Phi) is 7.79. The third-order valence-corrected chi connectivity index (χ3v) is 6.77.